The fraction of sp³-hybridized carbons (Fsp3) is 0.250. The average Bonchev–Trinajstić information content (AvgIpc) is 3.28. The maximum Gasteiger partial charge on any atom is 0.261 e. The normalized spacial score (nSPS) is 18.8. The molecule has 1 amide bonds. The number of nitrogens with one attached hydrogen (secondary N) is 2. The summed E-state index contributed by atoms with van der Waals surface area (Å²) in [6.45, 7) is 1.32. The topological polar surface area (TPSA) is 125 Å². The molecule has 0 saturated carbocycles. The first kappa shape index (κ1) is 26.0. The Bertz CT molecular complexity index is 1780. The van der Waals surface area contributed by atoms with E-state index in [1.165, 1.54) is 36.4 Å². The number of rotatable bonds is 5. The third kappa shape index (κ3) is 4.80. The van der Waals surface area contributed by atoms with E-state index in [0.29, 0.717) is 30.4 Å². The van der Waals surface area contributed by atoms with Gasteiger partial charge in [0, 0.05) is 61.2 Å². The Morgan fingerprint density at radius 3 is 2.70 bits per heavy atom. The summed E-state index contributed by atoms with van der Waals surface area (Å²) in [5.41, 5.74) is 1.01. The minimum Gasteiger partial charge on any atom is -0.380 e. The third-order valence-electron chi connectivity index (χ3n) is 7.38. The fourth-order valence-electron chi connectivity index (χ4n) is 5.45. The maximum atomic E-state index is 14.1. The second-order valence-electron chi connectivity index (χ2n) is 9.94. The molecule has 4 aromatic rings. The van der Waals surface area contributed by atoms with Crippen molar-refractivity contribution in [2.75, 3.05) is 29.8 Å². The number of hydrogen-bond donors (Lipinski definition) is 2. The van der Waals surface area contributed by atoms with Crippen LogP contribution in [-0.2, 0) is 21.3 Å². The maximum absolute atomic E-state index is 14.1. The molecule has 1 saturated heterocycles. The highest BCUT2D eigenvalue weighted by Gasteiger charge is 2.39. The molecular weight excluding hydrogens is 537 g/mol. The Kier molecular flexibility index (Phi) is 6.51. The van der Waals surface area contributed by atoms with Crippen molar-refractivity contribution in [3.05, 3.63) is 94.2 Å². The first-order valence-corrected chi connectivity index (χ1v) is 14.2. The van der Waals surface area contributed by atoms with Crippen molar-refractivity contribution in [1.29, 1.82) is 0 Å². The summed E-state index contributed by atoms with van der Waals surface area (Å²) in [6.07, 6.45) is 2.43. The Labute approximate surface area is 229 Å². The zero-order valence-corrected chi connectivity index (χ0v) is 22.3. The molecule has 0 aliphatic carbocycles. The number of ether oxygens (including phenoxy) is 1. The van der Waals surface area contributed by atoms with Gasteiger partial charge in [-0.05, 0) is 55.0 Å². The van der Waals surface area contributed by atoms with E-state index in [1.807, 2.05) is 12.1 Å². The van der Waals surface area contributed by atoms with Crippen molar-refractivity contribution in [2.24, 2.45) is 0 Å². The number of aromatic nitrogens is 2. The van der Waals surface area contributed by atoms with Gasteiger partial charge in [-0.15, -0.1) is 0 Å². The zero-order chi connectivity index (χ0) is 28.0. The highest BCUT2D eigenvalue weighted by Crippen LogP contribution is 2.33. The van der Waals surface area contributed by atoms with Crippen molar-refractivity contribution in [2.45, 2.75) is 30.0 Å². The van der Waals surface area contributed by atoms with E-state index in [9.17, 15) is 22.4 Å². The molecular formula is C28H26FN5O5S. The fourth-order valence-corrected chi connectivity index (χ4v) is 6.53. The molecule has 2 N–H and O–H groups in total. The Balaban J connectivity index is 1.38. The highest BCUT2D eigenvalue weighted by atomic mass is 32.2. The molecule has 206 valence electrons. The van der Waals surface area contributed by atoms with E-state index in [0.717, 1.165) is 23.5 Å². The smallest absolute Gasteiger partial charge is 0.261 e. The number of carbonyl (C=O) groups is 1. The number of carbonyl (C=O) groups excluding carboxylic acids is 1. The second-order valence-corrected chi connectivity index (χ2v) is 11.6. The summed E-state index contributed by atoms with van der Waals surface area (Å²) in [4.78, 5) is 37.6. The van der Waals surface area contributed by atoms with Gasteiger partial charge in [0.2, 0.25) is 5.56 Å². The van der Waals surface area contributed by atoms with Gasteiger partial charge in [-0.2, -0.15) is 0 Å². The van der Waals surface area contributed by atoms with E-state index in [2.05, 4.69) is 19.6 Å². The van der Waals surface area contributed by atoms with E-state index < -0.39 is 27.3 Å². The summed E-state index contributed by atoms with van der Waals surface area (Å²) in [5, 5.41) is 0.292. The number of sulfonamides is 1. The number of anilines is 2. The van der Waals surface area contributed by atoms with Crippen LogP contribution in [0.4, 0.5) is 15.9 Å². The van der Waals surface area contributed by atoms with Gasteiger partial charge in [0.15, 0.2) is 0 Å². The molecule has 0 spiro atoms. The van der Waals surface area contributed by atoms with Gasteiger partial charge < -0.3 is 19.5 Å². The quantitative estimate of drug-likeness (QED) is 0.382. The first-order valence-electron chi connectivity index (χ1n) is 12.7. The molecule has 2 aliphatic rings. The number of amides is 1. The summed E-state index contributed by atoms with van der Waals surface area (Å²) < 4.78 is 47.6. The number of aromatic amines is 1. The van der Waals surface area contributed by atoms with Crippen LogP contribution in [0.2, 0.25) is 0 Å². The summed E-state index contributed by atoms with van der Waals surface area (Å²) in [6, 6.07) is 14.0. The second kappa shape index (κ2) is 10.0. The van der Waals surface area contributed by atoms with Crippen LogP contribution in [0.25, 0.3) is 10.9 Å². The Morgan fingerprint density at radius 2 is 1.93 bits per heavy atom. The predicted molar refractivity (Wildman–Crippen MR) is 147 cm³/mol. The van der Waals surface area contributed by atoms with Crippen molar-refractivity contribution in [1.82, 2.24) is 14.9 Å². The first-order chi connectivity index (χ1) is 19.2. The van der Waals surface area contributed by atoms with Crippen LogP contribution in [0.3, 0.4) is 0 Å². The van der Waals surface area contributed by atoms with Crippen LogP contribution in [0.5, 0.6) is 0 Å². The van der Waals surface area contributed by atoms with Crippen molar-refractivity contribution in [3.63, 3.8) is 0 Å². The number of halogens is 1. The number of nitrogens with zero attached hydrogens (tertiary/aromatic N) is 3. The van der Waals surface area contributed by atoms with Crippen molar-refractivity contribution in [3.8, 4) is 0 Å². The molecule has 10 nitrogen and oxygen atoms in total. The third-order valence-corrected chi connectivity index (χ3v) is 8.76. The van der Waals surface area contributed by atoms with Crippen LogP contribution < -0.4 is 15.2 Å². The van der Waals surface area contributed by atoms with E-state index in [4.69, 9.17) is 4.74 Å². The largest absolute Gasteiger partial charge is 0.380 e. The molecule has 12 heteroatoms. The number of benzene rings is 2. The lowest BCUT2D eigenvalue weighted by atomic mass is 10.1. The van der Waals surface area contributed by atoms with Crippen LogP contribution in [0, 0.1) is 5.82 Å². The predicted octanol–water partition coefficient (Wildman–Crippen LogP) is 3.11. The molecule has 0 bridgehead atoms. The summed E-state index contributed by atoms with van der Waals surface area (Å²) in [5.74, 6) is -0.0841. The number of fused-ring (bicyclic) bond motifs is 4. The van der Waals surface area contributed by atoms with Gasteiger partial charge in [0.25, 0.3) is 15.9 Å². The molecule has 40 heavy (non-hydrogen) atoms. The average molecular weight is 564 g/mol. The number of H-pyrrole nitrogens is 1. The molecule has 1 fully saturated rings. The number of pyridine rings is 2. The van der Waals surface area contributed by atoms with Gasteiger partial charge in [0.1, 0.15) is 11.6 Å². The Hall–Kier alpha value is -4.29. The van der Waals surface area contributed by atoms with E-state index >= 15 is 0 Å². The number of hydrogen-bond acceptors (Lipinski definition) is 7. The molecule has 2 aromatic carbocycles. The van der Waals surface area contributed by atoms with Crippen LogP contribution in [0.1, 0.15) is 22.3 Å². The molecule has 6 rings (SSSR count). The highest BCUT2D eigenvalue weighted by molar-refractivity contribution is 7.92. The van der Waals surface area contributed by atoms with Gasteiger partial charge in [-0.25, -0.2) is 17.8 Å². The molecule has 2 aliphatic heterocycles. The molecule has 2 unspecified atom stereocenters. The van der Waals surface area contributed by atoms with E-state index in [-0.39, 0.29) is 34.8 Å². The lowest BCUT2D eigenvalue weighted by Crippen LogP contribution is -2.40. The van der Waals surface area contributed by atoms with Gasteiger partial charge in [-0.3, -0.25) is 14.3 Å². The van der Waals surface area contributed by atoms with Crippen LogP contribution >= 0.6 is 0 Å². The molecule has 4 heterocycles. The van der Waals surface area contributed by atoms with Gasteiger partial charge in [0.05, 0.1) is 22.6 Å². The minimum absolute atomic E-state index is 0.00307. The SMILES string of the molecule is COC1CC2CN(C(=O)c3cc(=O)[nH]c4ccc(S(=O)(=O)Nc5ccc(F)cc5)cc34)Cc3cccnc3N2C1. The molecule has 2 aromatic heterocycles. The number of methoxy groups -OCH3 is 1. The summed E-state index contributed by atoms with van der Waals surface area (Å²) >= 11 is 0. The summed E-state index contributed by atoms with van der Waals surface area (Å²) in [7, 11) is -2.42. The lowest BCUT2D eigenvalue weighted by Gasteiger charge is -2.27. The van der Waals surface area contributed by atoms with E-state index in [1.54, 1.807) is 18.2 Å². The monoisotopic (exact) mass is 563 g/mol. The Morgan fingerprint density at radius 1 is 1.12 bits per heavy atom. The zero-order valence-electron chi connectivity index (χ0n) is 21.5. The van der Waals surface area contributed by atoms with Gasteiger partial charge in [-0.1, -0.05) is 6.07 Å². The minimum atomic E-state index is -4.08. The lowest BCUT2D eigenvalue weighted by molar-refractivity contribution is 0.0728. The van der Waals surface area contributed by atoms with Crippen molar-refractivity contribution >= 4 is 38.3 Å². The van der Waals surface area contributed by atoms with Crippen LogP contribution in [0.15, 0.2) is 76.6 Å². The van der Waals surface area contributed by atoms with Crippen LogP contribution in [-0.4, -0.2) is 61.5 Å². The van der Waals surface area contributed by atoms with Gasteiger partial charge >= 0.3 is 0 Å². The standard InChI is InChI=1S/C28H26FN5O5S/c1-39-21-11-20-15-33(14-17-3-2-10-30-27(17)34(20)16-21)28(36)24-13-26(35)31-25-9-8-22(12-23(24)25)40(37,38)32-19-6-4-18(29)5-7-19/h2-10,12-13,20-21,32H,11,14-16H2,1H3,(H,31,35). The molecule has 2 atom stereocenters. The molecule has 0 radical (unpaired) electrons. The van der Waals surface area contributed by atoms with Crippen molar-refractivity contribution < 1.29 is 22.3 Å².